The Hall–Kier alpha value is -2.19. The van der Waals surface area contributed by atoms with E-state index in [0.29, 0.717) is 26.2 Å². The van der Waals surface area contributed by atoms with E-state index in [1.54, 1.807) is 22.4 Å². The number of halogens is 1. The Kier molecular flexibility index (Phi) is 4.44. The van der Waals surface area contributed by atoms with E-state index < -0.39 is 4.92 Å². The lowest BCUT2D eigenvalue weighted by Crippen LogP contribution is -2.48. The molecule has 0 atom stereocenters. The molecule has 2 heterocycles. The summed E-state index contributed by atoms with van der Waals surface area (Å²) in [5, 5.41) is 13.9. The monoisotopic (exact) mass is 352 g/mol. The van der Waals surface area contributed by atoms with Crippen LogP contribution in [0.1, 0.15) is 10.4 Å². The van der Waals surface area contributed by atoms with Crippen LogP contribution in [0.3, 0.4) is 0 Å². The molecule has 7 nitrogen and oxygen atoms in total. The summed E-state index contributed by atoms with van der Waals surface area (Å²) >= 11 is 7.59. The van der Waals surface area contributed by atoms with Crippen LogP contribution < -0.4 is 4.90 Å². The van der Waals surface area contributed by atoms with Crippen molar-refractivity contribution < 1.29 is 9.72 Å². The Morgan fingerprint density at radius 3 is 2.65 bits per heavy atom. The number of hydrogen-bond acceptors (Lipinski definition) is 6. The molecule has 120 valence electrons. The van der Waals surface area contributed by atoms with E-state index in [1.165, 1.54) is 18.2 Å². The number of nitro benzene ring substituents is 1. The predicted molar refractivity (Wildman–Crippen MR) is 88.3 cm³/mol. The number of carbonyl (C=O) groups excluding carboxylic acids is 1. The summed E-state index contributed by atoms with van der Waals surface area (Å²) in [5.41, 5.74) is 0.0303. The maximum Gasteiger partial charge on any atom is 0.270 e. The molecule has 3 rings (SSSR count). The molecule has 1 amide bonds. The third-order valence-corrected chi connectivity index (χ3v) is 4.81. The minimum Gasteiger partial charge on any atom is -0.345 e. The van der Waals surface area contributed by atoms with Crippen molar-refractivity contribution >= 4 is 39.7 Å². The number of benzene rings is 1. The number of nitrogens with zero attached hydrogens (tertiary/aromatic N) is 4. The van der Waals surface area contributed by atoms with Gasteiger partial charge in [0, 0.05) is 49.9 Å². The zero-order valence-corrected chi connectivity index (χ0v) is 13.6. The topological polar surface area (TPSA) is 79.6 Å². The molecule has 1 fully saturated rings. The normalized spacial score (nSPS) is 14.8. The number of nitro groups is 1. The summed E-state index contributed by atoms with van der Waals surface area (Å²) in [6, 6.07) is 3.91. The van der Waals surface area contributed by atoms with Gasteiger partial charge in [0.25, 0.3) is 11.6 Å². The van der Waals surface area contributed by atoms with Crippen molar-refractivity contribution in [3.05, 3.63) is 50.5 Å². The zero-order valence-electron chi connectivity index (χ0n) is 12.0. The van der Waals surface area contributed by atoms with Gasteiger partial charge in [-0.3, -0.25) is 14.9 Å². The minimum atomic E-state index is -0.534. The fraction of sp³-hybridized carbons (Fsp3) is 0.286. The van der Waals surface area contributed by atoms with Crippen molar-refractivity contribution in [2.75, 3.05) is 31.1 Å². The van der Waals surface area contributed by atoms with Gasteiger partial charge in [-0.25, -0.2) is 4.98 Å². The van der Waals surface area contributed by atoms with Crippen LogP contribution in [0.25, 0.3) is 0 Å². The van der Waals surface area contributed by atoms with Gasteiger partial charge in [-0.2, -0.15) is 0 Å². The summed E-state index contributed by atoms with van der Waals surface area (Å²) in [4.78, 5) is 30.9. The Morgan fingerprint density at radius 2 is 2.04 bits per heavy atom. The number of piperazine rings is 1. The number of hydrogen-bond donors (Lipinski definition) is 0. The Morgan fingerprint density at radius 1 is 1.30 bits per heavy atom. The Balaban J connectivity index is 1.72. The molecule has 0 unspecified atom stereocenters. The first-order valence-electron chi connectivity index (χ1n) is 6.94. The van der Waals surface area contributed by atoms with Crippen molar-refractivity contribution in [2.24, 2.45) is 0 Å². The fourth-order valence-electron chi connectivity index (χ4n) is 2.43. The van der Waals surface area contributed by atoms with Gasteiger partial charge in [0.2, 0.25) is 0 Å². The van der Waals surface area contributed by atoms with Crippen LogP contribution in [0.5, 0.6) is 0 Å². The van der Waals surface area contributed by atoms with E-state index in [9.17, 15) is 14.9 Å². The van der Waals surface area contributed by atoms with E-state index in [4.69, 9.17) is 11.6 Å². The first-order valence-corrected chi connectivity index (χ1v) is 8.19. The quantitative estimate of drug-likeness (QED) is 0.626. The summed E-state index contributed by atoms with van der Waals surface area (Å²) in [6.45, 7) is 2.40. The number of amides is 1. The number of rotatable bonds is 3. The predicted octanol–water partition coefficient (Wildman–Crippen LogP) is 2.67. The molecule has 1 aliphatic heterocycles. The van der Waals surface area contributed by atoms with Crippen LogP contribution in [-0.4, -0.2) is 46.9 Å². The fourth-order valence-corrected chi connectivity index (χ4v) is 3.33. The Labute approximate surface area is 141 Å². The third-order valence-electron chi connectivity index (χ3n) is 3.65. The molecule has 1 aromatic carbocycles. The lowest BCUT2D eigenvalue weighted by Gasteiger charge is -2.34. The smallest absolute Gasteiger partial charge is 0.270 e. The van der Waals surface area contributed by atoms with Gasteiger partial charge in [0.15, 0.2) is 5.13 Å². The van der Waals surface area contributed by atoms with E-state index in [1.807, 2.05) is 5.38 Å². The van der Waals surface area contributed by atoms with Crippen LogP contribution in [0.2, 0.25) is 5.02 Å². The number of thiazole rings is 1. The van der Waals surface area contributed by atoms with Crippen molar-refractivity contribution in [1.82, 2.24) is 9.88 Å². The van der Waals surface area contributed by atoms with Gasteiger partial charge in [0.05, 0.1) is 15.5 Å². The van der Waals surface area contributed by atoms with Crippen molar-refractivity contribution in [3.8, 4) is 0 Å². The third kappa shape index (κ3) is 3.27. The highest BCUT2D eigenvalue weighted by Gasteiger charge is 2.25. The summed E-state index contributed by atoms with van der Waals surface area (Å²) in [7, 11) is 0. The summed E-state index contributed by atoms with van der Waals surface area (Å²) in [5.74, 6) is -0.280. The van der Waals surface area contributed by atoms with Gasteiger partial charge in [0.1, 0.15) is 0 Å². The molecule has 0 bridgehead atoms. The van der Waals surface area contributed by atoms with Gasteiger partial charge in [-0.1, -0.05) is 11.6 Å². The van der Waals surface area contributed by atoms with E-state index in [2.05, 4.69) is 9.88 Å². The minimum absolute atomic E-state index is 0.140. The molecule has 0 aliphatic carbocycles. The van der Waals surface area contributed by atoms with E-state index >= 15 is 0 Å². The molecule has 0 N–H and O–H groups in total. The second-order valence-corrected chi connectivity index (χ2v) is 6.30. The van der Waals surface area contributed by atoms with E-state index in [-0.39, 0.29) is 22.2 Å². The highest BCUT2D eigenvalue weighted by atomic mass is 35.5. The van der Waals surface area contributed by atoms with Crippen LogP contribution in [0, 0.1) is 10.1 Å². The van der Waals surface area contributed by atoms with Gasteiger partial charge >= 0.3 is 0 Å². The average Bonchev–Trinajstić information content (AvgIpc) is 3.09. The van der Waals surface area contributed by atoms with Crippen LogP contribution in [0.4, 0.5) is 10.8 Å². The molecule has 1 aliphatic rings. The van der Waals surface area contributed by atoms with Crippen molar-refractivity contribution in [2.45, 2.75) is 0 Å². The van der Waals surface area contributed by atoms with Crippen molar-refractivity contribution in [3.63, 3.8) is 0 Å². The molecule has 1 aromatic heterocycles. The van der Waals surface area contributed by atoms with E-state index in [0.717, 1.165) is 5.13 Å². The molecule has 0 radical (unpaired) electrons. The molecule has 1 saturated heterocycles. The molecule has 9 heteroatoms. The molecule has 0 spiro atoms. The molecule has 0 saturated carbocycles. The largest absolute Gasteiger partial charge is 0.345 e. The average molecular weight is 353 g/mol. The van der Waals surface area contributed by atoms with Crippen LogP contribution in [-0.2, 0) is 0 Å². The number of carbonyl (C=O) groups is 1. The molecular formula is C14H13ClN4O3S. The lowest BCUT2D eigenvalue weighted by atomic mass is 10.1. The highest BCUT2D eigenvalue weighted by Crippen LogP contribution is 2.25. The molecular weight excluding hydrogens is 340 g/mol. The molecule has 2 aromatic rings. The zero-order chi connectivity index (χ0) is 16.4. The van der Waals surface area contributed by atoms with Gasteiger partial charge in [-0.05, 0) is 6.07 Å². The van der Waals surface area contributed by atoms with Gasteiger partial charge in [-0.15, -0.1) is 11.3 Å². The van der Waals surface area contributed by atoms with Crippen molar-refractivity contribution in [1.29, 1.82) is 0 Å². The summed E-state index contributed by atoms with van der Waals surface area (Å²) < 4.78 is 0. The van der Waals surface area contributed by atoms with Crippen LogP contribution in [0.15, 0.2) is 29.8 Å². The van der Waals surface area contributed by atoms with Gasteiger partial charge < -0.3 is 9.80 Å². The SMILES string of the molecule is O=C(c1cc([N+](=O)[O-])ccc1Cl)N1CCN(c2nccs2)CC1. The second kappa shape index (κ2) is 6.51. The number of aromatic nitrogens is 1. The standard InChI is InChI=1S/C14H13ClN4O3S/c15-12-2-1-10(19(21)22)9-11(12)13(20)17-4-6-18(7-5-17)14-16-3-8-23-14/h1-3,8-9H,4-7H2. The first-order chi connectivity index (χ1) is 11.1. The number of non-ortho nitro benzene ring substituents is 1. The molecule has 23 heavy (non-hydrogen) atoms. The van der Waals surface area contributed by atoms with Crippen LogP contribution >= 0.6 is 22.9 Å². The maximum atomic E-state index is 12.6. The lowest BCUT2D eigenvalue weighted by molar-refractivity contribution is -0.384. The first kappa shape index (κ1) is 15.7. The Bertz CT molecular complexity index is 730. The number of anilines is 1. The highest BCUT2D eigenvalue weighted by molar-refractivity contribution is 7.13. The second-order valence-electron chi connectivity index (χ2n) is 5.02. The summed E-state index contributed by atoms with van der Waals surface area (Å²) in [6.07, 6.45) is 1.75. The maximum absolute atomic E-state index is 12.6.